The lowest BCUT2D eigenvalue weighted by Gasteiger charge is -2.58. The number of allylic oxidation sites excluding steroid dienone is 4. The van der Waals surface area contributed by atoms with Gasteiger partial charge in [0.2, 0.25) is 0 Å². The van der Waals surface area contributed by atoms with E-state index in [-0.39, 0.29) is 37.2 Å². The predicted molar refractivity (Wildman–Crippen MR) is 110 cm³/mol. The number of carbonyl (C=O) groups is 4. The molecule has 0 amide bonds. The maximum atomic E-state index is 13.6. The van der Waals surface area contributed by atoms with Gasteiger partial charge in [-0.1, -0.05) is 18.1 Å². The molecule has 0 spiro atoms. The number of aliphatic hydroxyl groups is 1. The van der Waals surface area contributed by atoms with Crippen molar-refractivity contribution in [2.75, 3.05) is 0 Å². The van der Waals surface area contributed by atoms with Crippen molar-refractivity contribution in [2.45, 2.75) is 71.3 Å². The largest absolute Gasteiger partial charge is 0.481 e. The third kappa shape index (κ3) is 2.75. The second kappa shape index (κ2) is 6.61. The van der Waals surface area contributed by atoms with Crippen LogP contribution in [0.1, 0.15) is 65.7 Å². The van der Waals surface area contributed by atoms with E-state index in [1.807, 2.05) is 6.92 Å². The van der Waals surface area contributed by atoms with Crippen molar-refractivity contribution in [2.24, 2.45) is 28.1 Å². The van der Waals surface area contributed by atoms with Crippen molar-refractivity contribution in [3.05, 3.63) is 23.3 Å². The Bertz CT molecular complexity index is 961. The molecule has 1 unspecified atom stereocenters. The van der Waals surface area contributed by atoms with Crippen LogP contribution in [0.5, 0.6) is 0 Å². The van der Waals surface area contributed by atoms with E-state index in [0.717, 1.165) is 11.1 Å². The molecule has 0 aromatic rings. The summed E-state index contributed by atoms with van der Waals surface area (Å²) in [5.74, 6) is -3.18. The minimum Gasteiger partial charge on any atom is -0.481 e. The average molecular weight is 430 g/mol. The van der Waals surface area contributed by atoms with E-state index >= 15 is 0 Å². The number of hydrogen-bond donors (Lipinski definition) is 3. The second-order valence-corrected chi connectivity index (χ2v) is 10.6. The van der Waals surface area contributed by atoms with Gasteiger partial charge >= 0.3 is 11.9 Å². The summed E-state index contributed by atoms with van der Waals surface area (Å²) in [6, 6.07) is 0. The Morgan fingerprint density at radius 1 is 1.10 bits per heavy atom. The first-order valence-corrected chi connectivity index (χ1v) is 11.0. The molecule has 0 saturated heterocycles. The molecule has 0 heterocycles. The normalized spacial score (nSPS) is 44.0. The molecule has 4 rings (SSSR count). The maximum absolute atomic E-state index is 13.6. The van der Waals surface area contributed by atoms with Crippen molar-refractivity contribution >= 4 is 23.5 Å². The lowest BCUT2D eigenvalue weighted by atomic mass is 9.44. The van der Waals surface area contributed by atoms with E-state index in [0.29, 0.717) is 19.3 Å². The summed E-state index contributed by atoms with van der Waals surface area (Å²) in [5.41, 5.74) is -2.97. The number of carboxylic acid groups (broad SMARTS) is 2. The number of fused-ring (bicyclic) bond motifs is 5. The molecular weight excluding hydrogens is 400 g/mol. The average Bonchev–Trinajstić information content (AvgIpc) is 2.95. The molecule has 3 N–H and O–H groups in total. The minimum absolute atomic E-state index is 0.0184. The van der Waals surface area contributed by atoms with Gasteiger partial charge in [0, 0.05) is 24.2 Å². The van der Waals surface area contributed by atoms with Gasteiger partial charge in [0.1, 0.15) is 0 Å². The fourth-order valence-electron chi connectivity index (χ4n) is 7.04. The van der Waals surface area contributed by atoms with E-state index in [1.54, 1.807) is 19.9 Å². The van der Waals surface area contributed by atoms with Gasteiger partial charge in [0.25, 0.3) is 0 Å². The zero-order valence-corrected chi connectivity index (χ0v) is 18.2. The van der Waals surface area contributed by atoms with Gasteiger partial charge in [-0.15, -0.1) is 0 Å². The van der Waals surface area contributed by atoms with Crippen LogP contribution in [0, 0.1) is 28.1 Å². The van der Waals surface area contributed by atoms with Crippen LogP contribution in [0.3, 0.4) is 0 Å². The van der Waals surface area contributed by atoms with Crippen LogP contribution in [0.4, 0.5) is 0 Å². The highest BCUT2D eigenvalue weighted by atomic mass is 16.4. The Labute approximate surface area is 181 Å². The third-order valence-corrected chi connectivity index (χ3v) is 9.15. The topological polar surface area (TPSA) is 129 Å². The van der Waals surface area contributed by atoms with E-state index in [4.69, 9.17) is 5.11 Å². The first-order chi connectivity index (χ1) is 14.3. The summed E-state index contributed by atoms with van der Waals surface area (Å²) in [6.07, 6.45) is 4.63. The van der Waals surface area contributed by atoms with Gasteiger partial charge in [0.05, 0.1) is 16.4 Å². The van der Waals surface area contributed by atoms with Crippen LogP contribution in [0.15, 0.2) is 23.3 Å². The Morgan fingerprint density at radius 3 is 2.39 bits per heavy atom. The quantitative estimate of drug-likeness (QED) is 0.625. The summed E-state index contributed by atoms with van der Waals surface area (Å²) in [6.45, 7) is 5.35. The molecule has 7 heteroatoms. The van der Waals surface area contributed by atoms with Gasteiger partial charge < -0.3 is 15.3 Å². The van der Waals surface area contributed by atoms with Crippen molar-refractivity contribution < 1.29 is 34.5 Å². The Morgan fingerprint density at radius 2 is 1.77 bits per heavy atom. The molecule has 2 fully saturated rings. The Balaban J connectivity index is 1.90. The molecule has 0 aromatic heterocycles. The smallest absolute Gasteiger partial charge is 0.310 e. The van der Waals surface area contributed by atoms with E-state index in [9.17, 15) is 29.4 Å². The maximum Gasteiger partial charge on any atom is 0.310 e. The molecule has 0 radical (unpaired) electrons. The fraction of sp³-hybridized carbons (Fsp3) is 0.667. The van der Waals surface area contributed by atoms with Crippen molar-refractivity contribution in [1.29, 1.82) is 0 Å². The predicted octanol–water partition coefficient (Wildman–Crippen LogP) is 2.91. The molecule has 31 heavy (non-hydrogen) atoms. The lowest BCUT2D eigenvalue weighted by molar-refractivity contribution is -0.164. The van der Waals surface area contributed by atoms with Gasteiger partial charge in [-0.2, -0.15) is 0 Å². The molecule has 0 bridgehead atoms. The number of hydrogen-bond acceptors (Lipinski definition) is 5. The number of aliphatic carboxylic acids is 2. The van der Waals surface area contributed by atoms with Crippen molar-refractivity contribution in [3.63, 3.8) is 0 Å². The highest BCUT2D eigenvalue weighted by Gasteiger charge is 2.69. The summed E-state index contributed by atoms with van der Waals surface area (Å²) in [7, 11) is 0. The summed E-state index contributed by atoms with van der Waals surface area (Å²) < 4.78 is 0. The molecule has 4 aliphatic carbocycles. The minimum atomic E-state index is -1.49. The summed E-state index contributed by atoms with van der Waals surface area (Å²) >= 11 is 0. The van der Waals surface area contributed by atoms with E-state index in [2.05, 4.69) is 0 Å². The molecule has 7 nitrogen and oxygen atoms in total. The first-order valence-electron chi connectivity index (χ1n) is 11.0. The summed E-state index contributed by atoms with van der Waals surface area (Å²) in [4.78, 5) is 49.4. The zero-order valence-electron chi connectivity index (χ0n) is 18.2. The molecule has 0 aliphatic heterocycles. The molecule has 0 aromatic carbocycles. The second-order valence-electron chi connectivity index (χ2n) is 10.6. The van der Waals surface area contributed by atoms with Gasteiger partial charge in [-0.05, 0) is 64.0 Å². The number of rotatable bonds is 4. The Hall–Kier alpha value is -2.28. The van der Waals surface area contributed by atoms with E-state index < -0.39 is 45.6 Å². The molecular formula is C24H30O7. The lowest BCUT2D eigenvalue weighted by Crippen LogP contribution is -2.60. The highest BCUT2D eigenvalue weighted by molar-refractivity contribution is 6.00. The van der Waals surface area contributed by atoms with Crippen molar-refractivity contribution in [3.8, 4) is 0 Å². The Kier molecular flexibility index (Phi) is 4.68. The standard InChI is InChI=1S/C24H30O7/c1-21-7-4-14(25)10-13(21)12-22(2,20(29)30)19-15-5-8-24(31,9-6-18(27)28)23(15,3)17(26)11-16(19)21/h10-11,15,19,31H,4-9,12H2,1-3H3,(H,27,28)(H,29,30)/t15-,19-,21-,22?,23+,24-/m0/s1. The molecule has 168 valence electrons. The van der Waals surface area contributed by atoms with Gasteiger partial charge in [-0.25, -0.2) is 0 Å². The van der Waals surface area contributed by atoms with Crippen LogP contribution in [-0.2, 0) is 19.2 Å². The third-order valence-electron chi connectivity index (χ3n) is 9.15. The number of carboxylic acids is 2. The summed E-state index contributed by atoms with van der Waals surface area (Å²) in [5, 5.41) is 30.9. The van der Waals surface area contributed by atoms with Crippen LogP contribution in [0.25, 0.3) is 0 Å². The van der Waals surface area contributed by atoms with Crippen LogP contribution >= 0.6 is 0 Å². The van der Waals surface area contributed by atoms with Crippen LogP contribution in [-0.4, -0.2) is 44.4 Å². The first kappa shape index (κ1) is 21.9. The van der Waals surface area contributed by atoms with Crippen LogP contribution < -0.4 is 0 Å². The fourth-order valence-corrected chi connectivity index (χ4v) is 7.04. The number of ketones is 2. The molecule has 6 atom stereocenters. The monoisotopic (exact) mass is 430 g/mol. The van der Waals surface area contributed by atoms with Gasteiger partial charge in [-0.3, -0.25) is 19.2 Å². The van der Waals surface area contributed by atoms with Crippen molar-refractivity contribution in [1.82, 2.24) is 0 Å². The SMILES string of the molecule is CC1(C(=O)O)CC2=CC(=O)CC[C@]2(C)C2=CC(=O)[C@@]3(C)[C@@H](CC[C@]3(O)CCC(=O)O)[C@@H]21. The van der Waals surface area contributed by atoms with Crippen LogP contribution in [0.2, 0.25) is 0 Å². The number of carbonyl (C=O) groups excluding carboxylic acids is 2. The van der Waals surface area contributed by atoms with E-state index in [1.165, 1.54) is 6.08 Å². The highest BCUT2D eigenvalue weighted by Crippen LogP contribution is 2.69. The van der Waals surface area contributed by atoms with Gasteiger partial charge in [0.15, 0.2) is 11.6 Å². The molecule has 4 aliphatic rings. The zero-order chi connectivity index (χ0) is 23.0. The molecule has 2 saturated carbocycles.